The molecule has 256 valence electrons. The Morgan fingerprint density at radius 1 is 0.755 bits per heavy atom. The standard InChI is InChI=1S/C38H32F6S5/c1-8-45-25(26-15-17-30(47-26)34(2,3)4)14-13-23-32(37(41,42)38(43,44)36(23,39)40)22-20-28(27-16-18-31(48-27)35(5,6)7)49-33(22)29-19-21-11-9-10-12-24(21)46-29/h1,9-12,14-20H,13H2,2-7H3/b25-14-. The van der Waals surface area contributed by atoms with Crippen molar-refractivity contribution in [2.45, 2.75) is 76.6 Å². The van der Waals surface area contributed by atoms with E-state index in [0.717, 1.165) is 47.8 Å². The molecule has 0 aliphatic heterocycles. The topological polar surface area (TPSA) is 0 Å². The highest BCUT2D eigenvalue weighted by atomic mass is 32.2. The molecular weight excluding hydrogens is 731 g/mol. The summed E-state index contributed by atoms with van der Waals surface area (Å²) < 4.78 is 95.5. The minimum absolute atomic E-state index is 0.188. The first-order valence-electron chi connectivity index (χ1n) is 15.3. The Labute approximate surface area is 302 Å². The summed E-state index contributed by atoms with van der Waals surface area (Å²) in [5.74, 6) is -15.9. The molecule has 0 bridgehead atoms. The van der Waals surface area contributed by atoms with Crippen LogP contribution in [0.1, 0.15) is 68.2 Å². The normalized spacial score (nSPS) is 17.7. The molecule has 0 nitrogen and oxygen atoms in total. The van der Waals surface area contributed by atoms with Gasteiger partial charge in [0.05, 0.1) is 4.88 Å². The molecule has 0 atom stereocenters. The van der Waals surface area contributed by atoms with Gasteiger partial charge in [0, 0.05) is 55.6 Å². The van der Waals surface area contributed by atoms with Crippen molar-refractivity contribution in [2.24, 2.45) is 0 Å². The number of thiophene rings is 4. The van der Waals surface area contributed by atoms with Crippen LogP contribution in [0.5, 0.6) is 0 Å². The fourth-order valence-corrected chi connectivity index (χ4v) is 10.8. The second-order valence-corrected chi connectivity index (χ2v) is 19.1. The van der Waals surface area contributed by atoms with Gasteiger partial charge in [0.1, 0.15) is 0 Å². The highest BCUT2D eigenvalue weighted by Crippen LogP contribution is 2.65. The molecule has 4 heterocycles. The molecule has 49 heavy (non-hydrogen) atoms. The van der Waals surface area contributed by atoms with Gasteiger partial charge in [0.2, 0.25) is 0 Å². The summed E-state index contributed by atoms with van der Waals surface area (Å²) in [6.45, 7) is 12.2. The maximum Gasteiger partial charge on any atom is 0.380 e. The zero-order chi connectivity index (χ0) is 35.7. The number of fused-ring (bicyclic) bond motifs is 1. The lowest BCUT2D eigenvalue weighted by molar-refractivity contribution is -0.260. The molecule has 1 aromatic carbocycles. The number of alkyl halides is 6. The van der Waals surface area contributed by atoms with E-state index in [1.165, 1.54) is 46.2 Å². The molecule has 0 saturated carbocycles. The van der Waals surface area contributed by atoms with Crippen LogP contribution in [0.25, 0.3) is 40.1 Å². The number of terminal acetylenes is 1. The summed E-state index contributed by atoms with van der Waals surface area (Å²) >= 11 is 6.21. The minimum Gasteiger partial charge on any atom is -0.194 e. The molecule has 0 saturated heterocycles. The van der Waals surface area contributed by atoms with E-state index >= 15 is 26.3 Å². The van der Waals surface area contributed by atoms with E-state index in [1.807, 2.05) is 84.0 Å². The van der Waals surface area contributed by atoms with Gasteiger partial charge in [-0.1, -0.05) is 65.8 Å². The summed E-state index contributed by atoms with van der Waals surface area (Å²) in [6.07, 6.45) is 6.02. The number of benzene rings is 1. The van der Waals surface area contributed by atoms with E-state index in [1.54, 1.807) is 12.1 Å². The van der Waals surface area contributed by atoms with Crippen molar-refractivity contribution in [3.8, 4) is 31.2 Å². The lowest BCUT2D eigenvalue weighted by atomic mass is 9.95. The fourth-order valence-electron chi connectivity index (χ4n) is 5.62. The zero-order valence-electron chi connectivity index (χ0n) is 27.4. The molecule has 0 unspecified atom stereocenters. The molecule has 0 amide bonds. The van der Waals surface area contributed by atoms with E-state index in [2.05, 4.69) is 5.25 Å². The molecule has 6 rings (SSSR count). The van der Waals surface area contributed by atoms with Crippen LogP contribution >= 0.6 is 57.1 Å². The first-order valence-corrected chi connectivity index (χ1v) is 19.4. The van der Waals surface area contributed by atoms with Gasteiger partial charge in [0.15, 0.2) is 0 Å². The first kappa shape index (κ1) is 36.1. The summed E-state index contributed by atoms with van der Waals surface area (Å²) in [5.41, 5.74) is -3.33. The Hall–Kier alpha value is -2.75. The van der Waals surface area contributed by atoms with E-state index in [9.17, 15) is 0 Å². The quantitative estimate of drug-likeness (QED) is 0.118. The van der Waals surface area contributed by atoms with Gasteiger partial charge in [-0.05, 0) is 82.1 Å². The molecule has 0 N–H and O–H groups in total. The van der Waals surface area contributed by atoms with Crippen LogP contribution in [0.4, 0.5) is 26.3 Å². The summed E-state index contributed by atoms with van der Waals surface area (Å²) in [5, 5.41) is 3.26. The highest BCUT2D eigenvalue weighted by molar-refractivity contribution is 8.12. The monoisotopic (exact) mass is 762 g/mol. The molecule has 11 heteroatoms. The lowest BCUT2D eigenvalue weighted by Gasteiger charge is -2.25. The lowest BCUT2D eigenvalue weighted by Crippen LogP contribution is -2.49. The van der Waals surface area contributed by atoms with Crippen LogP contribution in [0.3, 0.4) is 0 Å². The summed E-state index contributed by atoms with van der Waals surface area (Å²) in [7, 11) is 0. The van der Waals surface area contributed by atoms with Gasteiger partial charge in [-0.15, -0.1) is 51.8 Å². The van der Waals surface area contributed by atoms with Crippen molar-refractivity contribution in [1.29, 1.82) is 0 Å². The Morgan fingerprint density at radius 3 is 2.02 bits per heavy atom. The molecule has 0 fully saturated rings. The Kier molecular flexibility index (Phi) is 9.18. The molecule has 4 aromatic heterocycles. The van der Waals surface area contributed by atoms with Crippen LogP contribution < -0.4 is 0 Å². The smallest absolute Gasteiger partial charge is 0.194 e. The van der Waals surface area contributed by atoms with E-state index in [-0.39, 0.29) is 21.3 Å². The number of rotatable bonds is 7. The van der Waals surface area contributed by atoms with Gasteiger partial charge in [-0.2, -0.15) is 26.3 Å². The van der Waals surface area contributed by atoms with Gasteiger partial charge >= 0.3 is 17.8 Å². The number of hydrogen-bond acceptors (Lipinski definition) is 5. The second-order valence-electron chi connectivity index (χ2n) is 13.9. The maximum atomic E-state index is 16.1. The van der Waals surface area contributed by atoms with Crippen molar-refractivity contribution < 1.29 is 26.3 Å². The number of allylic oxidation sites excluding steroid dienone is 3. The van der Waals surface area contributed by atoms with Crippen molar-refractivity contribution in [3.05, 3.63) is 92.5 Å². The number of hydrogen-bond donors (Lipinski definition) is 0. The predicted molar refractivity (Wildman–Crippen MR) is 201 cm³/mol. The highest BCUT2D eigenvalue weighted by Gasteiger charge is 2.79. The SMILES string of the molecule is C#CS/C(=C\CC1=C(c2cc(-c3ccc(C(C)(C)C)s3)sc2-c2cc3ccccc3s2)C(F)(F)C(F)(F)C1(F)F)c1ccc(C(C)(C)C)s1. The van der Waals surface area contributed by atoms with E-state index < -0.39 is 35.3 Å². The molecule has 0 spiro atoms. The summed E-state index contributed by atoms with van der Waals surface area (Å²) in [4.78, 5) is 5.11. The van der Waals surface area contributed by atoms with Crippen LogP contribution in [0.2, 0.25) is 0 Å². The van der Waals surface area contributed by atoms with Crippen molar-refractivity contribution in [1.82, 2.24) is 0 Å². The van der Waals surface area contributed by atoms with Crippen molar-refractivity contribution in [2.75, 3.05) is 0 Å². The van der Waals surface area contributed by atoms with E-state index in [4.69, 9.17) is 6.42 Å². The first-order chi connectivity index (χ1) is 22.8. The van der Waals surface area contributed by atoms with Crippen LogP contribution in [0.15, 0.2) is 72.3 Å². The molecule has 0 radical (unpaired) electrons. The average Bonchev–Trinajstić information content (AvgIpc) is 3.82. The van der Waals surface area contributed by atoms with Gasteiger partial charge in [-0.25, -0.2) is 0 Å². The molecule has 1 aliphatic carbocycles. The number of halogens is 6. The maximum absolute atomic E-state index is 16.1. The average molecular weight is 763 g/mol. The van der Waals surface area contributed by atoms with Crippen LogP contribution in [-0.2, 0) is 10.8 Å². The van der Waals surface area contributed by atoms with E-state index in [0.29, 0.717) is 19.5 Å². The molecule has 1 aliphatic rings. The second kappa shape index (κ2) is 12.5. The van der Waals surface area contributed by atoms with Crippen LogP contribution in [-0.4, -0.2) is 17.8 Å². The Balaban J connectivity index is 1.58. The molecular formula is C38H32F6S5. The van der Waals surface area contributed by atoms with Crippen molar-refractivity contribution in [3.63, 3.8) is 0 Å². The number of thioether (sulfide) groups is 1. The van der Waals surface area contributed by atoms with Gasteiger partial charge < -0.3 is 0 Å². The van der Waals surface area contributed by atoms with Crippen molar-refractivity contribution >= 4 is 77.7 Å². The Morgan fingerprint density at radius 2 is 1.41 bits per heavy atom. The summed E-state index contributed by atoms with van der Waals surface area (Å²) in [6, 6.07) is 18.1. The predicted octanol–water partition coefficient (Wildman–Crippen LogP) is 14.4. The van der Waals surface area contributed by atoms with Gasteiger partial charge in [-0.3, -0.25) is 0 Å². The minimum atomic E-state index is -5.65. The third-order valence-corrected chi connectivity index (χ3v) is 14.8. The third kappa shape index (κ3) is 6.26. The third-order valence-electron chi connectivity index (χ3n) is 8.27. The molecule has 5 aromatic rings. The Bertz CT molecular complexity index is 2110. The van der Waals surface area contributed by atoms with Crippen LogP contribution in [0, 0.1) is 11.7 Å². The largest absolute Gasteiger partial charge is 0.380 e. The van der Waals surface area contributed by atoms with Gasteiger partial charge in [0.25, 0.3) is 0 Å². The zero-order valence-corrected chi connectivity index (χ0v) is 31.5. The fraction of sp³-hybridized carbons (Fsp3) is 0.316.